The number of hydrogen-bond acceptors (Lipinski definition) is 4. The van der Waals surface area contributed by atoms with E-state index < -0.39 is 0 Å². The highest BCUT2D eigenvalue weighted by Crippen LogP contribution is 2.22. The summed E-state index contributed by atoms with van der Waals surface area (Å²) in [5, 5.41) is 4.24. The van der Waals surface area contributed by atoms with Gasteiger partial charge in [0.25, 0.3) is 0 Å². The lowest BCUT2D eigenvalue weighted by Gasteiger charge is -2.08. The van der Waals surface area contributed by atoms with Gasteiger partial charge in [-0.05, 0) is 25.8 Å². The molecule has 0 amide bonds. The van der Waals surface area contributed by atoms with E-state index in [1.807, 2.05) is 23.3 Å². The molecule has 0 aliphatic carbocycles. The Kier molecular flexibility index (Phi) is 3.36. The molecular weight excluding hydrogens is 220 g/mol. The molecule has 86 valence electrons. The Hall–Kier alpha value is -1.20. The molecule has 2 rings (SSSR count). The van der Waals surface area contributed by atoms with Crippen LogP contribution in [0, 0.1) is 6.92 Å². The van der Waals surface area contributed by atoms with Crippen LogP contribution in [-0.2, 0) is 13.0 Å². The van der Waals surface area contributed by atoms with E-state index in [0.29, 0.717) is 0 Å². The zero-order chi connectivity index (χ0) is 11.5. The van der Waals surface area contributed by atoms with E-state index in [4.69, 9.17) is 5.73 Å². The van der Waals surface area contributed by atoms with E-state index in [0.717, 1.165) is 18.7 Å². The van der Waals surface area contributed by atoms with Crippen molar-refractivity contribution in [1.82, 2.24) is 14.8 Å². The van der Waals surface area contributed by atoms with E-state index in [-0.39, 0.29) is 6.04 Å². The molecule has 2 aromatic rings. The lowest BCUT2D eigenvalue weighted by molar-refractivity contribution is 0.657. The van der Waals surface area contributed by atoms with Gasteiger partial charge in [0, 0.05) is 23.7 Å². The fourth-order valence-electron chi connectivity index (χ4n) is 1.70. The lowest BCUT2D eigenvalue weighted by Crippen LogP contribution is -2.12. The summed E-state index contributed by atoms with van der Waals surface area (Å²) < 4.78 is 1.92. The van der Waals surface area contributed by atoms with Crippen LogP contribution in [0.3, 0.4) is 0 Å². The standard InChI is InChI=1S/C11H16N4S/c1-3-15-6-9(5-14-15)4-10(12)11-8(2)13-7-16-11/h5-7,10H,3-4,12H2,1-2H3. The molecule has 0 radical (unpaired) electrons. The summed E-state index contributed by atoms with van der Waals surface area (Å²) in [5.74, 6) is 0. The summed E-state index contributed by atoms with van der Waals surface area (Å²) in [4.78, 5) is 5.39. The average Bonchev–Trinajstić information content (AvgIpc) is 2.86. The van der Waals surface area contributed by atoms with Crippen LogP contribution in [0.15, 0.2) is 17.9 Å². The van der Waals surface area contributed by atoms with Crippen molar-refractivity contribution in [3.63, 3.8) is 0 Å². The van der Waals surface area contributed by atoms with E-state index in [2.05, 4.69) is 23.2 Å². The van der Waals surface area contributed by atoms with E-state index in [1.165, 1.54) is 10.4 Å². The van der Waals surface area contributed by atoms with Crippen LogP contribution < -0.4 is 5.73 Å². The molecule has 0 bridgehead atoms. The average molecular weight is 236 g/mol. The van der Waals surface area contributed by atoms with Crippen LogP contribution in [0.4, 0.5) is 0 Å². The second kappa shape index (κ2) is 4.76. The van der Waals surface area contributed by atoms with Gasteiger partial charge in [-0.1, -0.05) is 0 Å². The monoisotopic (exact) mass is 236 g/mol. The van der Waals surface area contributed by atoms with Crippen LogP contribution in [0.2, 0.25) is 0 Å². The smallest absolute Gasteiger partial charge is 0.0798 e. The van der Waals surface area contributed by atoms with Crippen LogP contribution >= 0.6 is 11.3 Å². The first-order valence-electron chi connectivity index (χ1n) is 5.37. The largest absolute Gasteiger partial charge is 0.323 e. The van der Waals surface area contributed by atoms with Gasteiger partial charge >= 0.3 is 0 Å². The van der Waals surface area contributed by atoms with Gasteiger partial charge in [0.05, 0.1) is 17.4 Å². The maximum absolute atomic E-state index is 6.16. The summed E-state index contributed by atoms with van der Waals surface area (Å²) >= 11 is 1.63. The maximum Gasteiger partial charge on any atom is 0.0798 e. The Bertz CT molecular complexity index is 460. The Morgan fingerprint density at radius 2 is 2.38 bits per heavy atom. The SMILES string of the molecule is CCn1cc(CC(N)c2scnc2C)cn1. The molecule has 0 aromatic carbocycles. The minimum absolute atomic E-state index is 0.0296. The van der Waals surface area contributed by atoms with Crippen molar-refractivity contribution in [2.75, 3.05) is 0 Å². The van der Waals surface area contributed by atoms with Gasteiger partial charge in [0.15, 0.2) is 0 Å². The highest BCUT2D eigenvalue weighted by molar-refractivity contribution is 7.09. The summed E-state index contributed by atoms with van der Waals surface area (Å²) in [5.41, 5.74) is 10.2. The molecular formula is C11H16N4S. The minimum atomic E-state index is 0.0296. The van der Waals surface area contributed by atoms with Gasteiger partial charge in [0.2, 0.25) is 0 Å². The highest BCUT2D eigenvalue weighted by atomic mass is 32.1. The third kappa shape index (κ3) is 2.31. The summed E-state index contributed by atoms with van der Waals surface area (Å²) in [6.07, 6.45) is 4.76. The molecule has 0 aliphatic rings. The second-order valence-corrected chi connectivity index (χ2v) is 4.70. The number of hydrogen-bond donors (Lipinski definition) is 1. The Balaban J connectivity index is 2.07. The molecule has 4 nitrogen and oxygen atoms in total. The van der Waals surface area contributed by atoms with Crippen molar-refractivity contribution in [3.8, 4) is 0 Å². The normalized spacial score (nSPS) is 12.9. The number of thiazole rings is 1. The number of aryl methyl sites for hydroxylation is 2. The molecule has 5 heteroatoms. The molecule has 0 aliphatic heterocycles. The molecule has 0 spiro atoms. The fraction of sp³-hybridized carbons (Fsp3) is 0.455. The zero-order valence-electron chi connectivity index (χ0n) is 9.55. The summed E-state index contributed by atoms with van der Waals surface area (Å²) in [6.45, 7) is 4.97. The molecule has 0 saturated carbocycles. The van der Waals surface area contributed by atoms with Crippen molar-refractivity contribution < 1.29 is 0 Å². The molecule has 2 aromatic heterocycles. The van der Waals surface area contributed by atoms with E-state index in [1.54, 1.807) is 11.3 Å². The molecule has 1 unspecified atom stereocenters. The van der Waals surface area contributed by atoms with Gasteiger partial charge in [-0.15, -0.1) is 11.3 Å². The number of nitrogens with zero attached hydrogens (tertiary/aromatic N) is 3. The predicted molar refractivity (Wildman–Crippen MR) is 65.4 cm³/mol. The van der Waals surface area contributed by atoms with Gasteiger partial charge in [-0.2, -0.15) is 5.10 Å². The first-order chi connectivity index (χ1) is 7.70. The third-order valence-electron chi connectivity index (χ3n) is 2.59. The molecule has 16 heavy (non-hydrogen) atoms. The molecule has 0 saturated heterocycles. The molecule has 2 heterocycles. The molecule has 2 N–H and O–H groups in total. The van der Waals surface area contributed by atoms with Gasteiger partial charge < -0.3 is 5.73 Å². The van der Waals surface area contributed by atoms with Crippen molar-refractivity contribution in [2.24, 2.45) is 5.73 Å². The second-order valence-electron chi connectivity index (χ2n) is 3.82. The molecule has 1 atom stereocenters. The van der Waals surface area contributed by atoms with Crippen molar-refractivity contribution in [3.05, 3.63) is 34.0 Å². The van der Waals surface area contributed by atoms with Crippen LogP contribution in [0.5, 0.6) is 0 Å². The quantitative estimate of drug-likeness (QED) is 0.882. The predicted octanol–water partition coefficient (Wildman–Crippen LogP) is 1.91. The number of aromatic nitrogens is 3. The molecule has 0 fully saturated rings. The van der Waals surface area contributed by atoms with Crippen molar-refractivity contribution in [2.45, 2.75) is 32.9 Å². The third-order valence-corrected chi connectivity index (χ3v) is 3.65. The Morgan fingerprint density at radius 1 is 1.56 bits per heavy atom. The van der Waals surface area contributed by atoms with Crippen molar-refractivity contribution in [1.29, 1.82) is 0 Å². The van der Waals surface area contributed by atoms with Gasteiger partial charge in [0.1, 0.15) is 0 Å². The fourth-order valence-corrected chi connectivity index (χ4v) is 2.50. The maximum atomic E-state index is 6.16. The Labute approximate surface area is 99.1 Å². The van der Waals surface area contributed by atoms with Gasteiger partial charge in [-0.25, -0.2) is 4.98 Å². The summed E-state index contributed by atoms with van der Waals surface area (Å²) in [6, 6.07) is 0.0296. The highest BCUT2D eigenvalue weighted by Gasteiger charge is 2.13. The lowest BCUT2D eigenvalue weighted by atomic mass is 10.1. The first-order valence-corrected chi connectivity index (χ1v) is 6.25. The minimum Gasteiger partial charge on any atom is -0.323 e. The number of nitrogens with two attached hydrogens (primary N) is 1. The van der Waals surface area contributed by atoms with Crippen molar-refractivity contribution >= 4 is 11.3 Å². The van der Waals surface area contributed by atoms with Crippen LogP contribution in [-0.4, -0.2) is 14.8 Å². The van der Waals surface area contributed by atoms with Crippen LogP contribution in [0.1, 0.15) is 29.1 Å². The number of rotatable bonds is 4. The zero-order valence-corrected chi connectivity index (χ0v) is 10.4. The summed E-state index contributed by atoms with van der Waals surface area (Å²) in [7, 11) is 0. The first kappa shape index (κ1) is 11.3. The van der Waals surface area contributed by atoms with Gasteiger partial charge in [-0.3, -0.25) is 4.68 Å². The van der Waals surface area contributed by atoms with E-state index in [9.17, 15) is 0 Å². The Morgan fingerprint density at radius 3 is 2.94 bits per heavy atom. The van der Waals surface area contributed by atoms with Crippen LogP contribution in [0.25, 0.3) is 0 Å². The topological polar surface area (TPSA) is 56.7 Å². The van der Waals surface area contributed by atoms with E-state index >= 15 is 0 Å².